The van der Waals surface area contributed by atoms with Gasteiger partial charge >= 0.3 is 5.69 Å². The van der Waals surface area contributed by atoms with Gasteiger partial charge in [0.05, 0.1) is 11.3 Å². The van der Waals surface area contributed by atoms with Crippen molar-refractivity contribution in [3.63, 3.8) is 0 Å². The second-order valence-corrected chi connectivity index (χ2v) is 5.91. The molecule has 1 heterocycles. The number of nitro groups is 1. The molecule has 1 aromatic heterocycles. The predicted octanol–water partition coefficient (Wildman–Crippen LogP) is 4.25. The van der Waals surface area contributed by atoms with Gasteiger partial charge in [-0.1, -0.05) is 49.4 Å². The molecular formula is C19H19N3O3. The number of para-hydroxylation sites is 2. The van der Waals surface area contributed by atoms with Crippen LogP contribution in [0.2, 0.25) is 0 Å². The Balaban J connectivity index is 1.90. The van der Waals surface area contributed by atoms with E-state index in [1.165, 1.54) is 6.07 Å². The molecule has 3 aromatic rings. The van der Waals surface area contributed by atoms with Crippen molar-refractivity contribution in [1.82, 2.24) is 9.55 Å². The summed E-state index contributed by atoms with van der Waals surface area (Å²) in [7, 11) is 0. The topological polar surface area (TPSA) is 70.2 Å². The van der Waals surface area contributed by atoms with Crippen molar-refractivity contribution in [3.05, 3.63) is 89.0 Å². The third-order valence-corrected chi connectivity index (χ3v) is 4.02. The summed E-state index contributed by atoms with van der Waals surface area (Å²) in [5.41, 5.74) is 0.950. The lowest BCUT2D eigenvalue weighted by atomic mass is 9.97. The van der Waals surface area contributed by atoms with E-state index in [0.717, 1.165) is 5.56 Å². The normalized spacial score (nSPS) is 13.2. The molecule has 0 saturated carbocycles. The smallest absolute Gasteiger partial charge is 0.310 e. The molecule has 0 unspecified atom stereocenters. The number of benzene rings is 2. The van der Waals surface area contributed by atoms with Crippen molar-refractivity contribution in [2.45, 2.75) is 19.6 Å². The molecule has 2 aromatic carbocycles. The maximum absolute atomic E-state index is 11.3. The lowest BCUT2D eigenvalue weighted by Crippen LogP contribution is -2.21. The highest BCUT2D eigenvalue weighted by molar-refractivity contribution is 5.46. The van der Waals surface area contributed by atoms with Crippen LogP contribution in [0.5, 0.6) is 5.75 Å². The van der Waals surface area contributed by atoms with Crippen LogP contribution in [0, 0.1) is 16.0 Å². The van der Waals surface area contributed by atoms with Gasteiger partial charge in [-0.2, -0.15) is 0 Å². The maximum atomic E-state index is 11.3. The summed E-state index contributed by atoms with van der Waals surface area (Å²) in [4.78, 5) is 14.9. The number of hydrogen-bond donors (Lipinski definition) is 0. The molecule has 0 aliphatic heterocycles. The van der Waals surface area contributed by atoms with Gasteiger partial charge in [0, 0.05) is 30.9 Å². The molecular weight excluding hydrogens is 318 g/mol. The minimum Gasteiger partial charge on any atom is -0.478 e. The Hall–Kier alpha value is -3.15. The van der Waals surface area contributed by atoms with E-state index < -0.39 is 4.92 Å². The molecule has 0 radical (unpaired) electrons. The zero-order valence-electron chi connectivity index (χ0n) is 13.9. The molecule has 128 valence electrons. The van der Waals surface area contributed by atoms with Gasteiger partial charge in [0.25, 0.3) is 0 Å². The van der Waals surface area contributed by atoms with Crippen molar-refractivity contribution in [2.24, 2.45) is 5.92 Å². The second-order valence-electron chi connectivity index (χ2n) is 5.91. The third-order valence-electron chi connectivity index (χ3n) is 4.02. The molecule has 0 saturated heterocycles. The average molecular weight is 337 g/mol. The van der Waals surface area contributed by atoms with Gasteiger partial charge < -0.3 is 9.30 Å². The molecule has 0 amide bonds. The van der Waals surface area contributed by atoms with Gasteiger partial charge in [0.2, 0.25) is 0 Å². The summed E-state index contributed by atoms with van der Waals surface area (Å²) < 4.78 is 8.10. The summed E-state index contributed by atoms with van der Waals surface area (Å²) in [6.07, 6.45) is 5.06. The van der Waals surface area contributed by atoms with Crippen LogP contribution in [0.1, 0.15) is 18.6 Å². The Bertz CT molecular complexity index is 819. The van der Waals surface area contributed by atoms with Gasteiger partial charge in [-0.05, 0) is 11.6 Å². The molecule has 25 heavy (non-hydrogen) atoms. The fourth-order valence-electron chi connectivity index (χ4n) is 2.82. The maximum Gasteiger partial charge on any atom is 0.310 e. The summed E-state index contributed by atoms with van der Waals surface area (Å²) in [6.45, 7) is 2.76. The Morgan fingerprint density at radius 3 is 2.56 bits per heavy atom. The van der Waals surface area contributed by atoms with Crippen LogP contribution in [0.4, 0.5) is 5.69 Å². The van der Waals surface area contributed by atoms with Gasteiger partial charge in [0.15, 0.2) is 5.75 Å². The first-order valence-corrected chi connectivity index (χ1v) is 8.06. The standard InChI is InChI=1S/C19H19N3O3/c1-15(13-21-12-11-20-14-21)19(16-7-3-2-4-8-16)25-18-10-6-5-9-17(18)22(23)24/h2-12,14-15,19H,13H2,1H3/t15-,19+/m0/s1. The Morgan fingerprint density at radius 2 is 1.88 bits per heavy atom. The third kappa shape index (κ3) is 4.03. The Morgan fingerprint density at radius 1 is 1.16 bits per heavy atom. The van der Waals surface area contributed by atoms with E-state index in [1.54, 1.807) is 30.7 Å². The minimum absolute atomic E-state index is 0.0294. The van der Waals surface area contributed by atoms with Gasteiger partial charge in [-0.3, -0.25) is 10.1 Å². The van der Waals surface area contributed by atoms with Crippen LogP contribution < -0.4 is 4.74 Å². The SMILES string of the molecule is C[C@@H](Cn1ccnc1)[C@@H](Oc1ccccc1[N+](=O)[O-])c1ccccc1. The van der Waals surface area contributed by atoms with E-state index in [1.807, 2.05) is 41.1 Å². The molecule has 0 spiro atoms. The first kappa shape index (κ1) is 16.7. The van der Waals surface area contributed by atoms with Gasteiger partial charge in [-0.15, -0.1) is 0 Å². The number of hydrogen-bond acceptors (Lipinski definition) is 4. The summed E-state index contributed by atoms with van der Waals surface area (Å²) in [5, 5.41) is 11.3. The van der Waals surface area contributed by atoms with Crippen LogP contribution >= 0.6 is 0 Å². The molecule has 2 atom stereocenters. The molecule has 0 aliphatic rings. The van der Waals surface area contributed by atoms with Crippen molar-refractivity contribution in [3.8, 4) is 5.75 Å². The summed E-state index contributed by atoms with van der Waals surface area (Å²) in [5.74, 6) is 0.357. The number of ether oxygens (including phenoxy) is 1. The number of rotatable bonds is 7. The molecule has 6 heteroatoms. The van der Waals surface area contributed by atoms with E-state index in [2.05, 4.69) is 11.9 Å². The van der Waals surface area contributed by atoms with Crippen LogP contribution in [0.15, 0.2) is 73.3 Å². The largest absolute Gasteiger partial charge is 0.478 e. The van der Waals surface area contributed by atoms with E-state index in [-0.39, 0.29) is 23.5 Å². The Kier molecular flexibility index (Phi) is 5.09. The van der Waals surface area contributed by atoms with Crippen LogP contribution in [-0.2, 0) is 6.54 Å². The monoisotopic (exact) mass is 337 g/mol. The van der Waals surface area contributed by atoms with E-state index in [4.69, 9.17) is 4.74 Å². The quantitative estimate of drug-likeness (QED) is 0.477. The fourth-order valence-corrected chi connectivity index (χ4v) is 2.82. The zero-order chi connectivity index (χ0) is 17.6. The summed E-state index contributed by atoms with van der Waals surface area (Å²) in [6, 6.07) is 16.2. The summed E-state index contributed by atoms with van der Waals surface area (Å²) >= 11 is 0. The average Bonchev–Trinajstić information content (AvgIpc) is 3.13. The molecule has 0 fully saturated rings. The van der Waals surface area contributed by atoms with Gasteiger partial charge in [0.1, 0.15) is 6.10 Å². The highest BCUT2D eigenvalue weighted by Gasteiger charge is 2.25. The van der Waals surface area contributed by atoms with Crippen LogP contribution in [-0.4, -0.2) is 14.5 Å². The molecule has 0 N–H and O–H groups in total. The van der Waals surface area contributed by atoms with Crippen molar-refractivity contribution < 1.29 is 9.66 Å². The molecule has 3 rings (SSSR count). The first-order valence-electron chi connectivity index (χ1n) is 8.06. The van der Waals surface area contributed by atoms with Crippen LogP contribution in [0.3, 0.4) is 0 Å². The first-order chi connectivity index (χ1) is 12.1. The highest BCUT2D eigenvalue weighted by Crippen LogP contribution is 2.34. The van der Waals surface area contributed by atoms with Gasteiger partial charge in [-0.25, -0.2) is 4.98 Å². The number of aromatic nitrogens is 2. The van der Waals surface area contributed by atoms with Crippen LogP contribution in [0.25, 0.3) is 0 Å². The number of nitrogens with zero attached hydrogens (tertiary/aromatic N) is 3. The van der Waals surface area contributed by atoms with Crippen molar-refractivity contribution >= 4 is 5.69 Å². The minimum atomic E-state index is -0.419. The van der Waals surface area contributed by atoms with E-state index in [0.29, 0.717) is 6.54 Å². The second kappa shape index (κ2) is 7.61. The number of imidazole rings is 1. The molecule has 6 nitrogen and oxygen atoms in total. The zero-order valence-corrected chi connectivity index (χ0v) is 13.9. The van der Waals surface area contributed by atoms with E-state index >= 15 is 0 Å². The van der Waals surface area contributed by atoms with Crippen molar-refractivity contribution in [1.29, 1.82) is 0 Å². The fraction of sp³-hybridized carbons (Fsp3) is 0.211. The lowest BCUT2D eigenvalue weighted by Gasteiger charge is -2.26. The predicted molar refractivity (Wildman–Crippen MR) is 94.3 cm³/mol. The highest BCUT2D eigenvalue weighted by atomic mass is 16.6. The van der Waals surface area contributed by atoms with Crippen molar-refractivity contribution in [2.75, 3.05) is 0 Å². The number of nitro benzene ring substituents is 1. The molecule has 0 bridgehead atoms. The lowest BCUT2D eigenvalue weighted by molar-refractivity contribution is -0.386. The Labute approximate surface area is 145 Å². The van der Waals surface area contributed by atoms with E-state index in [9.17, 15) is 10.1 Å². The molecule has 0 aliphatic carbocycles.